The van der Waals surface area contributed by atoms with Crippen molar-refractivity contribution in [3.05, 3.63) is 18.0 Å². The first-order valence-corrected chi connectivity index (χ1v) is 7.06. The minimum Gasteiger partial charge on any atom is -0.339 e. The van der Waals surface area contributed by atoms with Gasteiger partial charge in [-0.2, -0.15) is 0 Å². The molecule has 1 aromatic heterocycles. The van der Waals surface area contributed by atoms with Crippen molar-refractivity contribution in [2.45, 2.75) is 45.6 Å². The molecule has 1 fully saturated rings. The summed E-state index contributed by atoms with van der Waals surface area (Å²) >= 11 is 0. The van der Waals surface area contributed by atoms with E-state index in [0.717, 1.165) is 37.6 Å². The summed E-state index contributed by atoms with van der Waals surface area (Å²) < 4.78 is 0. The molecule has 1 saturated heterocycles. The summed E-state index contributed by atoms with van der Waals surface area (Å²) in [6.07, 6.45) is 8.85. The Balaban J connectivity index is 2.00. The maximum Gasteiger partial charge on any atom is 0.225 e. The van der Waals surface area contributed by atoms with Gasteiger partial charge in [0.05, 0.1) is 0 Å². The average Bonchev–Trinajstić information content (AvgIpc) is 2.40. The number of piperidine rings is 1. The van der Waals surface area contributed by atoms with E-state index in [4.69, 9.17) is 0 Å². The topological polar surface area (TPSA) is 41.0 Å². The van der Waals surface area contributed by atoms with Gasteiger partial charge in [0, 0.05) is 31.5 Å². The van der Waals surface area contributed by atoms with Crippen LogP contribution in [0.1, 0.15) is 38.2 Å². The fraction of sp³-hybridized carbons (Fsp3) is 0.714. The fourth-order valence-corrected chi connectivity index (χ4v) is 2.44. The average molecular weight is 248 g/mol. The lowest BCUT2D eigenvalue weighted by molar-refractivity contribution is 0.397. The van der Waals surface area contributed by atoms with E-state index in [2.05, 4.69) is 27.1 Å². The standard InChI is InChI=1S/C14H24N4/c1-3-8-18(11-13-6-4-5-7-15-13)14-16-9-12(2)10-17-14/h9-10,13,15H,3-8,11H2,1-2H3. The van der Waals surface area contributed by atoms with Crippen LogP contribution in [0.5, 0.6) is 0 Å². The van der Waals surface area contributed by atoms with E-state index < -0.39 is 0 Å². The molecular formula is C14H24N4. The highest BCUT2D eigenvalue weighted by molar-refractivity contribution is 5.30. The van der Waals surface area contributed by atoms with Gasteiger partial charge in [0.2, 0.25) is 5.95 Å². The molecule has 18 heavy (non-hydrogen) atoms. The van der Waals surface area contributed by atoms with E-state index in [9.17, 15) is 0 Å². The molecule has 1 unspecified atom stereocenters. The molecule has 0 bridgehead atoms. The SMILES string of the molecule is CCCN(CC1CCCCN1)c1ncc(C)cn1. The van der Waals surface area contributed by atoms with E-state index in [1.807, 2.05) is 19.3 Å². The van der Waals surface area contributed by atoms with Crippen LogP contribution in [-0.4, -0.2) is 35.6 Å². The van der Waals surface area contributed by atoms with Crippen molar-refractivity contribution >= 4 is 5.95 Å². The predicted octanol–water partition coefficient (Wildman–Crippen LogP) is 2.14. The molecule has 0 aromatic carbocycles. The van der Waals surface area contributed by atoms with Crippen LogP contribution in [0.3, 0.4) is 0 Å². The molecule has 0 amide bonds. The molecular weight excluding hydrogens is 224 g/mol. The lowest BCUT2D eigenvalue weighted by atomic mass is 10.0. The van der Waals surface area contributed by atoms with E-state index in [1.165, 1.54) is 19.3 Å². The van der Waals surface area contributed by atoms with Gasteiger partial charge in [-0.05, 0) is 38.3 Å². The Morgan fingerprint density at radius 3 is 2.72 bits per heavy atom. The van der Waals surface area contributed by atoms with Gasteiger partial charge >= 0.3 is 0 Å². The quantitative estimate of drug-likeness (QED) is 0.867. The van der Waals surface area contributed by atoms with Crippen molar-refractivity contribution in [1.29, 1.82) is 0 Å². The molecule has 0 spiro atoms. The Hall–Kier alpha value is -1.16. The van der Waals surface area contributed by atoms with Crippen LogP contribution in [0.25, 0.3) is 0 Å². The second-order valence-electron chi connectivity index (χ2n) is 5.15. The summed E-state index contributed by atoms with van der Waals surface area (Å²) in [5.41, 5.74) is 1.12. The maximum atomic E-state index is 4.45. The molecule has 2 heterocycles. The molecule has 4 nitrogen and oxygen atoms in total. The monoisotopic (exact) mass is 248 g/mol. The van der Waals surface area contributed by atoms with Gasteiger partial charge in [0.1, 0.15) is 0 Å². The molecule has 0 saturated carbocycles. The van der Waals surface area contributed by atoms with Gasteiger partial charge in [-0.3, -0.25) is 0 Å². The zero-order valence-corrected chi connectivity index (χ0v) is 11.5. The summed E-state index contributed by atoms with van der Waals surface area (Å²) in [4.78, 5) is 11.2. The van der Waals surface area contributed by atoms with E-state index in [-0.39, 0.29) is 0 Å². The van der Waals surface area contributed by atoms with Crippen LogP contribution >= 0.6 is 0 Å². The van der Waals surface area contributed by atoms with Gasteiger partial charge in [0.15, 0.2) is 0 Å². The molecule has 100 valence electrons. The van der Waals surface area contributed by atoms with Crippen LogP contribution in [0.2, 0.25) is 0 Å². The molecule has 1 aliphatic rings. The summed E-state index contributed by atoms with van der Waals surface area (Å²) in [6, 6.07) is 0.593. The number of nitrogens with one attached hydrogen (secondary N) is 1. The number of rotatable bonds is 5. The van der Waals surface area contributed by atoms with Crippen LogP contribution in [0.15, 0.2) is 12.4 Å². The first kappa shape index (κ1) is 13.3. The third kappa shape index (κ3) is 3.67. The van der Waals surface area contributed by atoms with Gasteiger partial charge in [-0.1, -0.05) is 13.3 Å². The van der Waals surface area contributed by atoms with Crippen LogP contribution in [-0.2, 0) is 0 Å². The highest BCUT2D eigenvalue weighted by Crippen LogP contribution is 2.13. The Labute approximate surface area is 110 Å². The first-order chi connectivity index (χ1) is 8.79. The van der Waals surface area contributed by atoms with Crippen LogP contribution < -0.4 is 10.2 Å². The summed E-state index contributed by atoms with van der Waals surface area (Å²) in [6.45, 7) is 7.43. The Bertz CT molecular complexity index is 343. The zero-order chi connectivity index (χ0) is 12.8. The van der Waals surface area contributed by atoms with Crippen molar-refractivity contribution in [3.8, 4) is 0 Å². The maximum absolute atomic E-state index is 4.45. The van der Waals surface area contributed by atoms with Crippen molar-refractivity contribution < 1.29 is 0 Å². The van der Waals surface area contributed by atoms with Gasteiger partial charge in [0.25, 0.3) is 0 Å². The molecule has 1 atom stereocenters. The van der Waals surface area contributed by atoms with Crippen molar-refractivity contribution in [1.82, 2.24) is 15.3 Å². The van der Waals surface area contributed by atoms with Crippen molar-refractivity contribution in [2.24, 2.45) is 0 Å². The molecule has 0 aliphatic carbocycles. The highest BCUT2D eigenvalue weighted by Gasteiger charge is 2.17. The molecule has 2 rings (SSSR count). The number of aryl methyl sites for hydroxylation is 1. The normalized spacial score (nSPS) is 19.8. The third-order valence-electron chi connectivity index (χ3n) is 3.40. The van der Waals surface area contributed by atoms with Crippen LogP contribution in [0, 0.1) is 6.92 Å². The second kappa shape index (κ2) is 6.69. The molecule has 1 N–H and O–H groups in total. The predicted molar refractivity (Wildman–Crippen MR) is 74.9 cm³/mol. The smallest absolute Gasteiger partial charge is 0.225 e. The second-order valence-corrected chi connectivity index (χ2v) is 5.15. The number of aromatic nitrogens is 2. The molecule has 1 aliphatic heterocycles. The Kier molecular flexibility index (Phi) is 4.93. The summed E-state index contributed by atoms with van der Waals surface area (Å²) in [7, 11) is 0. The van der Waals surface area contributed by atoms with Gasteiger partial charge in [-0.15, -0.1) is 0 Å². The zero-order valence-electron chi connectivity index (χ0n) is 11.5. The number of anilines is 1. The van der Waals surface area contributed by atoms with Gasteiger partial charge in [-0.25, -0.2) is 9.97 Å². The van der Waals surface area contributed by atoms with Crippen LogP contribution in [0.4, 0.5) is 5.95 Å². The van der Waals surface area contributed by atoms with E-state index >= 15 is 0 Å². The molecule has 1 aromatic rings. The third-order valence-corrected chi connectivity index (χ3v) is 3.40. The Morgan fingerprint density at radius 1 is 1.33 bits per heavy atom. The lowest BCUT2D eigenvalue weighted by Crippen LogP contribution is -2.44. The summed E-state index contributed by atoms with van der Waals surface area (Å²) in [5, 5.41) is 3.59. The largest absolute Gasteiger partial charge is 0.339 e. The molecule has 0 radical (unpaired) electrons. The summed E-state index contributed by atoms with van der Waals surface area (Å²) in [5.74, 6) is 0.870. The number of hydrogen-bond donors (Lipinski definition) is 1. The molecule has 4 heteroatoms. The number of hydrogen-bond acceptors (Lipinski definition) is 4. The minimum absolute atomic E-state index is 0.593. The van der Waals surface area contributed by atoms with E-state index in [1.54, 1.807) is 0 Å². The van der Waals surface area contributed by atoms with Crippen molar-refractivity contribution in [2.75, 3.05) is 24.5 Å². The van der Waals surface area contributed by atoms with Crippen molar-refractivity contribution in [3.63, 3.8) is 0 Å². The number of nitrogens with zero attached hydrogens (tertiary/aromatic N) is 3. The van der Waals surface area contributed by atoms with E-state index in [0.29, 0.717) is 6.04 Å². The first-order valence-electron chi connectivity index (χ1n) is 7.06. The lowest BCUT2D eigenvalue weighted by Gasteiger charge is -2.30. The van der Waals surface area contributed by atoms with Gasteiger partial charge < -0.3 is 10.2 Å². The fourth-order valence-electron chi connectivity index (χ4n) is 2.44. The highest BCUT2D eigenvalue weighted by atomic mass is 15.3. The Morgan fingerprint density at radius 2 is 2.11 bits per heavy atom. The minimum atomic E-state index is 0.593.